The summed E-state index contributed by atoms with van der Waals surface area (Å²) in [5.41, 5.74) is -1.03. The summed E-state index contributed by atoms with van der Waals surface area (Å²) in [6.45, 7) is 2.89. The molecule has 2 rings (SSSR count). The molecule has 0 radical (unpaired) electrons. The molecule has 0 saturated carbocycles. The molecule has 0 aromatic carbocycles. The van der Waals surface area contributed by atoms with Gasteiger partial charge in [-0.25, -0.2) is 4.79 Å². The van der Waals surface area contributed by atoms with Crippen LogP contribution in [0.1, 0.15) is 18.7 Å². The number of hydrogen-bond donors (Lipinski definition) is 3. The Bertz CT molecular complexity index is 749. The Morgan fingerprint density at radius 1 is 1.42 bits per heavy atom. The van der Waals surface area contributed by atoms with Gasteiger partial charge in [0.25, 0.3) is 5.56 Å². The minimum atomic E-state index is -3.01. The fourth-order valence-electron chi connectivity index (χ4n) is 2.77. The summed E-state index contributed by atoms with van der Waals surface area (Å²) in [5.74, 6) is 0. The van der Waals surface area contributed by atoms with Crippen molar-refractivity contribution in [1.82, 2.24) is 9.55 Å². The SMILES string of the molecule is COC[C@H](C)OC1[C@@H](O[P+](=O)O)[C@@H](CO)O[C@H]1n1cc(C)c(=O)[nH]c1=O. The zero-order chi connectivity index (χ0) is 19.4. The third-order valence-electron chi connectivity index (χ3n) is 3.89. The Morgan fingerprint density at radius 2 is 2.12 bits per heavy atom. The lowest BCUT2D eigenvalue weighted by Gasteiger charge is -2.25. The number of aliphatic hydroxyl groups excluding tert-OH is 1. The van der Waals surface area contributed by atoms with E-state index in [9.17, 15) is 19.3 Å². The molecule has 0 amide bonds. The van der Waals surface area contributed by atoms with Crippen LogP contribution in [0.3, 0.4) is 0 Å². The first-order chi connectivity index (χ1) is 12.3. The second-order valence-electron chi connectivity index (χ2n) is 5.90. The van der Waals surface area contributed by atoms with E-state index in [0.29, 0.717) is 0 Å². The second-order valence-corrected chi connectivity index (χ2v) is 6.59. The van der Waals surface area contributed by atoms with Crippen molar-refractivity contribution >= 4 is 8.25 Å². The molecule has 6 atom stereocenters. The normalized spacial score (nSPS) is 27.5. The van der Waals surface area contributed by atoms with Gasteiger partial charge < -0.3 is 19.3 Å². The summed E-state index contributed by atoms with van der Waals surface area (Å²) in [6.07, 6.45) is -3.39. The maximum absolute atomic E-state index is 12.2. The van der Waals surface area contributed by atoms with E-state index >= 15 is 0 Å². The van der Waals surface area contributed by atoms with Gasteiger partial charge in [-0.1, -0.05) is 0 Å². The van der Waals surface area contributed by atoms with Gasteiger partial charge in [0.05, 0.1) is 19.3 Å². The maximum Gasteiger partial charge on any atom is 0.695 e. The zero-order valence-electron chi connectivity index (χ0n) is 14.5. The smallest absolute Gasteiger partial charge is 0.394 e. The minimum absolute atomic E-state index is 0.213. The van der Waals surface area contributed by atoms with Crippen LogP contribution in [-0.2, 0) is 23.3 Å². The summed E-state index contributed by atoms with van der Waals surface area (Å²) in [4.78, 5) is 35.1. The zero-order valence-corrected chi connectivity index (χ0v) is 15.4. The Hall–Kier alpha value is -1.46. The average molecular weight is 393 g/mol. The summed E-state index contributed by atoms with van der Waals surface area (Å²) < 4.78 is 33.7. The fourth-order valence-corrected chi connectivity index (χ4v) is 3.24. The Labute approximate surface area is 149 Å². The molecule has 2 heterocycles. The predicted molar refractivity (Wildman–Crippen MR) is 88.0 cm³/mol. The van der Waals surface area contributed by atoms with Gasteiger partial charge in [-0.2, -0.15) is 0 Å². The lowest BCUT2D eigenvalue weighted by molar-refractivity contribution is -0.109. The van der Waals surface area contributed by atoms with Crippen LogP contribution in [0.2, 0.25) is 0 Å². The third kappa shape index (κ3) is 4.63. The topological polar surface area (TPSA) is 149 Å². The number of aryl methyl sites for hydroxylation is 1. The number of nitrogens with one attached hydrogen (secondary N) is 1. The first-order valence-corrected chi connectivity index (χ1v) is 8.97. The van der Waals surface area contributed by atoms with Crippen LogP contribution in [0.5, 0.6) is 0 Å². The van der Waals surface area contributed by atoms with E-state index < -0.39 is 56.8 Å². The monoisotopic (exact) mass is 393 g/mol. The number of ether oxygens (including phenoxy) is 3. The molecule has 0 bridgehead atoms. The van der Waals surface area contributed by atoms with Crippen LogP contribution in [-0.4, -0.2) is 64.3 Å². The highest BCUT2D eigenvalue weighted by Crippen LogP contribution is 2.37. The van der Waals surface area contributed by atoms with Gasteiger partial charge in [-0.05, 0) is 13.8 Å². The largest absolute Gasteiger partial charge is 0.695 e. The van der Waals surface area contributed by atoms with Crippen molar-refractivity contribution in [3.63, 3.8) is 0 Å². The first kappa shape index (κ1) is 20.8. The Morgan fingerprint density at radius 3 is 2.69 bits per heavy atom. The Balaban J connectivity index is 2.44. The van der Waals surface area contributed by atoms with Crippen molar-refractivity contribution in [2.24, 2.45) is 0 Å². The quantitative estimate of drug-likeness (QED) is 0.482. The number of nitrogens with zero attached hydrogens (tertiary/aromatic N) is 1. The molecule has 0 aliphatic carbocycles. The van der Waals surface area contributed by atoms with Crippen LogP contribution in [0.4, 0.5) is 0 Å². The summed E-state index contributed by atoms with van der Waals surface area (Å²) >= 11 is 0. The fraction of sp³-hybridized carbons (Fsp3) is 0.714. The van der Waals surface area contributed by atoms with Crippen molar-refractivity contribution < 1.29 is 33.3 Å². The van der Waals surface area contributed by atoms with E-state index in [-0.39, 0.29) is 12.2 Å². The molecular weight excluding hydrogens is 371 g/mol. The first-order valence-electron chi connectivity index (χ1n) is 7.84. The molecule has 1 aliphatic rings. The molecule has 1 aromatic rings. The molecule has 2 unspecified atom stereocenters. The number of aromatic nitrogens is 2. The predicted octanol–water partition coefficient (Wildman–Crippen LogP) is -0.810. The molecule has 12 heteroatoms. The van der Waals surface area contributed by atoms with Gasteiger partial charge in [0.1, 0.15) is 12.2 Å². The van der Waals surface area contributed by atoms with E-state index in [4.69, 9.17) is 23.6 Å². The van der Waals surface area contributed by atoms with Crippen molar-refractivity contribution in [3.05, 3.63) is 32.6 Å². The number of aromatic amines is 1. The maximum atomic E-state index is 12.2. The Kier molecular flexibility index (Phi) is 7.18. The lowest BCUT2D eigenvalue weighted by atomic mass is 10.1. The van der Waals surface area contributed by atoms with Gasteiger partial charge in [0.2, 0.25) is 0 Å². The molecule has 26 heavy (non-hydrogen) atoms. The van der Waals surface area contributed by atoms with Gasteiger partial charge in [-0.3, -0.25) is 14.3 Å². The highest BCUT2D eigenvalue weighted by molar-refractivity contribution is 7.32. The standard InChI is InChI=1S/C14H21N2O9P/c1-7-4-16(14(19)15-12(7)18)13-11(23-8(2)6-22-3)10(25-26(20)21)9(5-17)24-13/h4,8-11,13,17H,5-6H2,1-3H3,(H-,15,18,19,20,21)/p+1/t8-,9+,10-,11?,13+/m0/s1. The molecule has 11 nitrogen and oxygen atoms in total. The highest BCUT2D eigenvalue weighted by atomic mass is 31.1. The molecular formula is C14H22N2O9P+. The van der Waals surface area contributed by atoms with Gasteiger partial charge in [-0.15, -0.1) is 9.42 Å². The lowest BCUT2D eigenvalue weighted by Crippen LogP contribution is -2.42. The number of aliphatic hydroxyl groups is 1. The molecule has 0 spiro atoms. The van der Waals surface area contributed by atoms with E-state index in [2.05, 4.69) is 4.98 Å². The van der Waals surface area contributed by atoms with Crippen LogP contribution < -0.4 is 11.2 Å². The summed E-state index contributed by atoms with van der Waals surface area (Å²) in [5, 5.41) is 9.53. The van der Waals surface area contributed by atoms with Crippen LogP contribution in [0.25, 0.3) is 0 Å². The molecule has 1 aromatic heterocycles. The molecule has 1 saturated heterocycles. The molecule has 146 valence electrons. The van der Waals surface area contributed by atoms with Crippen LogP contribution >= 0.6 is 8.25 Å². The average Bonchev–Trinajstić information content (AvgIpc) is 2.88. The van der Waals surface area contributed by atoms with Gasteiger partial charge >= 0.3 is 13.9 Å². The molecule has 1 fully saturated rings. The van der Waals surface area contributed by atoms with E-state index in [0.717, 1.165) is 4.57 Å². The van der Waals surface area contributed by atoms with Crippen molar-refractivity contribution in [2.75, 3.05) is 20.3 Å². The van der Waals surface area contributed by atoms with Crippen molar-refractivity contribution in [2.45, 2.75) is 44.5 Å². The third-order valence-corrected chi connectivity index (χ3v) is 4.31. The molecule has 1 aliphatic heterocycles. The van der Waals surface area contributed by atoms with E-state index in [1.807, 2.05) is 0 Å². The molecule has 3 N–H and O–H groups in total. The van der Waals surface area contributed by atoms with Gasteiger partial charge in [0, 0.05) is 23.4 Å². The van der Waals surface area contributed by atoms with Gasteiger partial charge in [0.15, 0.2) is 12.3 Å². The highest BCUT2D eigenvalue weighted by Gasteiger charge is 2.52. The second kappa shape index (κ2) is 8.96. The number of rotatable bonds is 8. The van der Waals surface area contributed by atoms with E-state index in [1.54, 1.807) is 6.92 Å². The number of methoxy groups -OCH3 is 1. The summed E-state index contributed by atoms with van der Waals surface area (Å²) in [6, 6.07) is 0. The summed E-state index contributed by atoms with van der Waals surface area (Å²) in [7, 11) is -1.53. The van der Waals surface area contributed by atoms with Crippen molar-refractivity contribution in [3.8, 4) is 0 Å². The van der Waals surface area contributed by atoms with Crippen molar-refractivity contribution in [1.29, 1.82) is 0 Å². The van der Waals surface area contributed by atoms with Crippen LogP contribution in [0, 0.1) is 6.92 Å². The number of H-pyrrole nitrogens is 1. The van der Waals surface area contributed by atoms with Crippen LogP contribution in [0.15, 0.2) is 15.8 Å². The van der Waals surface area contributed by atoms with E-state index in [1.165, 1.54) is 20.2 Å². The minimum Gasteiger partial charge on any atom is -0.394 e. The number of hydrogen-bond acceptors (Lipinski definition) is 8.